The van der Waals surface area contributed by atoms with Gasteiger partial charge < -0.3 is 10.7 Å². The van der Waals surface area contributed by atoms with E-state index >= 15 is 0 Å². The van der Waals surface area contributed by atoms with Crippen LogP contribution in [0.15, 0.2) is 11.9 Å². The summed E-state index contributed by atoms with van der Waals surface area (Å²) >= 11 is 0.341. The highest BCUT2D eigenvalue weighted by atomic mass is 32.2. The number of halogens is 1. The van der Waals surface area contributed by atoms with Gasteiger partial charge in [-0.25, -0.2) is 5.84 Å². The second kappa shape index (κ2) is 7.03. The molecule has 0 aromatic rings. The van der Waals surface area contributed by atoms with Crippen molar-refractivity contribution in [3.05, 3.63) is 11.9 Å². The molecule has 0 fully saturated rings. The number of rotatable bonds is 6. The Morgan fingerprint density at radius 1 is 1.62 bits per heavy atom. The summed E-state index contributed by atoms with van der Waals surface area (Å²) in [7, 11) is 0. The Hall–Kier alpha value is -0.420. The molecule has 0 rings (SSSR count). The fourth-order valence-electron chi connectivity index (χ4n) is 0.736. The summed E-state index contributed by atoms with van der Waals surface area (Å²) in [4.78, 5) is 0. The van der Waals surface area contributed by atoms with Gasteiger partial charge in [0, 0.05) is 35.8 Å². The van der Waals surface area contributed by atoms with E-state index in [0.29, 0.717) is 30.0 Å². The lowest BCUT2D eigenvalue weighted by atomic mass is 10.2. The quantitative estimate of drug-likeness (QED) is 0.396. The Balaban J connectivity index is 3.73. The summed E-state index contributed by atoms with van der Waals surface area (Å²) in [6, 6.07) is 0.231. The maximum absolute atomic E-state index is 11.7. The van der Waals surface area contributed by atoms with Crippen LogP contribution in [0.4, 0.5) is 3.89 Å². The van der Waals surface area contributed by atoms with Gasteiger partial charge in [0.15, 0.2) is 0 Å². The summed E-state index contributed by atoms with van der Waals surface area (Å²) in [5.74, 6) is 6.11. The molecule has 0 aromatic carbocycles. The molecule has 3 nitrogen and oxygen atoms in total. The van der Waals surface area contributed by atoms with Gasteiger partial charge in [-0.05, 0) is 26.7 Å². The maximum Gasteiger partial charge on any atom is 0.0443 e. The number of hydrazine groups is 1. The third-order valence-corrected chi connectivity index (χ3v) is 2.04. The van der Waals surface area contributed by atoms with Crippen molar-refractivity contribution in [1.29, 1.82) is 0 Å². The van der Waals surface area contributed by atoms with Crippen LogP contribution in [0.3, 0.4) is 0 Å². The molecular weight excluding hydrogens is 189 g/mol. The summed E-state index contributed by atoms with van der Waals surface area (Å²) in [6.07, 6.45) is 3.14. The van der Waals surface area contributed by atoms with Crippen LogP contribution in [0.1, 0.15) is 26.7 Å². The smallest absolute Gasteiger partial charge is 0.0443 e. The Bertz CT molecular complexity index is 161. The topological polar surface area (TPSA) is 55.3 Å². The van der Waals surface area contributed by atoms with E-state index in [1.807, 2.05) is 13.8 Å². The van der Waals surface area contributed by atoms with Gasteiger partial charge in [0.2, 0.25) is 0 Å². The SMILES string of the molecule is CC(C)N(N)/C=C(\N)CCCSF. The second-order valence-corrected chi connectivity index (χ2v) is 3.79. The van der Waals surface area contributed by atoms with Crippen molar-refractivity contribution >= 4 is 12.1 Å². The zero-order valence-corrected chi connectivity index (χ0v) is 8.98. The molecule has 0 aliphatic rings. The van der Waals surface area contributed by atoms with Crippen molar-refractivity contribution < 1.29 is 3.89 Å². The molecule has 13 heavy (non-hydrogen) atoms. The highest BCUT2D eigenvalue weighted by Gasteiger charge is 1.99. The van der Waals surface area contributed by atoms with Crippen LogP contribution in [0, 0.1) is 0 Å². The predicted octanol–water partition coefficient (Wildman–Crippen LogP) is 1.77. The molecule has 0 aliphatic carbocycles. The van der Waals surface area contributed by atoms with E-state index in [1.54, 1.807) is 11.2 Å². The van der Waals surface area contributed by atoms with Crippen molar-refractivity contribution in [2.24, 2.45) is 11.6 Å². The van der Waals surface area contributed by atoms with Gasteiger partial charge in [-0.15, -0.1) is 0 Å². The third-order valence-electron chi connectivity index (χ3n) is 1.60. The van der Waals surface area contributed by atoms with Crippen molar-refractivity contribution in [2.75, 3.05) is 5.75 Å². The standard InChI is InChI=1S/C8H18FN3S/c1-7(2)12(11)6-8(10)4-3-5-13-9/h6-7H,3-5,10-11H2,1-2H3/b8-6-. The molecule has 0 radical (unpaired) electrons. The summed E-state index contributed by atoms with van der Waals surface area (Å²) in [5, 5.41) is 1.55. The molecule has 0 unspecified atom stereocenters. The zero-order valence-electron chi connectivity index (χ0n) is 8.16. The molecule has 78 valence electrons. The van der Waals surface area contributed by atoms with Gasteiger partial charge >= 0.3 is 0 Å². The second-order valence-electron chi connectivity index (χ2n) is 3.16. The molecule has 0 spiro atoms. The van der Waals surface area contributed by atoms with Crippen LogP contribution in [0.5, 0.6) is 0 Å². The Morgan fingerprint density at radius 3 is 2.69 bits per heavy atom. The van der Waals surface area contributed by atoms with Crippen molar-refractivity contribution in [3.8, 4) is 0 Å². The minimum atomic E-state index is 0.231. The normalized spacial score (nSPS) is 12.2. The molecule has 4 N–H and O–H groups in total. The summed E-state index contributed by atoms with van der Waals surface area (Å²) in [6.45, 7) is 3.95. The van der Waals surface area contributed by atoms with E-state index in [1.165, 1.54) is 0 Å². The molecule has 0 bridgehead atoms. The van der Waals surface area contributed by atoms with Gasteiger partial charge in [-0.3, -0.25) is 0 Å². The fraction of sp³-hybridized carbons (Fsp3) is 0.750. The van der Waals surface area contributed by atoms with E-state index in [-0.39, 0.29) is 6.04 Å². The molecule has 0 atom stereocenters. The maximum atomic E-state index is 11.7. The van der Waals surface area contributed by atoms with E-state index in [4.69, 9.17) is 11.6 Å². The van der Waals surface area contributed by atoms with Crippen LogP contribution in [-0.2, 0) is 0 Å². The minimum Gasteiger partial charge on any atom is -0.401 e. The van der Waals surface area contributed by atoms with Crippen LogP contribution < -0.4 is 11.6 Å². The molecule has 0 amide bonds. The number of hydrogen-bond acceptors (Lipinski definition) is 4. The first-order valence-electron chi connectivity index (χ1n) is 4.30. The van der Waals surface area contributed by atoms with Crippen molar-refractivity contribution in [3.63, 3.8) is 0 Å². The van der Waals surface area contributed by atoms with Crippen LogP contribution in [0.2, 0.25) is 0 Å². The van der Waals surface area contributed by atoms with Crippen LogP contribution in [0.25, 0.3) is 0 Å². The van der Waals surface area contributed by atoms with Gasteiger partial charge in [0.25, 0.3) is 0 Å². The number of nitrogens with two attached hydrogens (primary N) is 2. The summed E-state index contributed by atoms with van der Waals surface area (Å²) in [5.41, 5.74) is 6.36. The Morgan fingerprint density at radius 2 is 2.23 bits per heavy atom. The fourth-order valence-corrected chi connectivity index (χ4v) is 0.989. The highest BCUT2D eigenvalue weighted by Crippen LogP contribution is 2.07. The largest absolute Gasteiger partial charge is 0.401 e. The number of nitrogens with zero attached hydrogens (tertiary/aromatic N) is 1. The van der Waals surface area contributed by atoms with E-state index < -0.39 is 0 Å². The molecule has 0 heterocycles. The first-order chi connectivity index (χ1) is 6.07. The van der Waals surface area contributed by atoms with Gasteiger partial charge in [0.05, 0.1) is 0 Å². The van der Waals surface area contributed by atoms with E-state index in [0.717, 1.165) is 6.42 Å². The zero-order chi connectivity index (χ0) is 10.3. The highest BCUT2D eigenvalue weighted by molar-refractivity contribution is 7.94. The number of hydrogen-bond donors (Lipinski definition) is 2. The monoisotopic (exact) mass is 207 g/mol. The molecule has 5 heteroatoms. The average Bonchev–Trinajstić information content (AvgIpc) is 2.04. The molecule has 0 aliphatic heterocycles. The predicted molar refractivity (Wildman–Crippen MR) is 56.2 cm³/mol. The molecule has 0 saturated carbocycles. The first kappa shape index (κ1) is 12.6. The third kappa shape index (κ3) is 6.72. The van der Waals surface area contributed by atoms with Gasteiger partial charge in [-0.2, -0.15) is 3.89 Å². The molecular formula is C8H18FN3S. The number of allylic oxidation sites excluding steroid dienone is 1. The lowest BCUT2D eigenvalue weighted by molar-refractivity contribution is 0.319. The summed E-state index contributed by atoms with van der Waals surface area (Å²) < 4.78 is 11.7. The van der Waals surface area contributed by atoms with E-state index in [9.17, 15) is 3.89 Å². The lowest BCUT2D eigenvalue weighted by Gasteiger charge is -2.18. The average molecular weight is 207 g/mol. The Kier molecular flexibility index (Phi) is 6.80. The van der Waals surface area contributed by atoms with Crippen LogP contribution in [-0.4, -0.2) is 16.8 Å². The van der Waals surface area contributed by atoms with Gasteiger partial charge in [0.1, 0.15) is 0 Å². The van der Waals surface area contributed by atoms with Gasteiger partial charge in [-0.1, -0.05) is 0 Å². The van der Waals surface area contributed by atoms with E-state index in [2.05, 4.69) is 0 Å². The minimum absolute atomic E-state index is 0.231. The van der Waals surface area contributed by atoms with Crippen molar-refractivity contribution in [2.45, 2.75) is 32.7 Å². The Labute approximate surface area is 83.6 Å². The molecule has 0 aromatic heterocycles. The lowest BCUT2D eigenvalue weighted by Crippen LogP contribution is -2.33. The van der Waals surface area contributed by atoms with Crippen molar-refractivity contribution in [1.82, 2.24) is 5.01 Å². The molecule has 0 saturated heterocycles. The van der Waals surface area contributed by atoms with Crippen LogP contribution >= 0.6 is 12.1 Å². The first-order valence-corrected chi connectivity index (χ1v) is 5.19.